The fourth-order valence-corrected chi connectivity index (χ4v) is 6.54. The van der Waals surface area contributed by atoms with Crippen LogP contribution in [0.2, 0.25) is 0 Å². The third kappa shape index (κ3) is 6.37. The van der Waals surface area contributed by atoms with Gasteiger partial charge in [0, 0.05) is 34.0 Å². The van der Waals surface area contributed by atoms with Gasteiger partial charge in [-0.15, -0.1) is 11.8 Å². The molecule has 1 aromatic heterocycles. The predicted octanol–water partition coefficient (Wildman–Crippen LogP) is 4.17. The maximum absolute atomic E-state index is 13.9. The molecule has 4 N–H and O–H groups in total. The smallest absolute Gasteiger partial charge is 0.254 e. The Kier molecular flexibility index (Phi) is 8.70. The van der Waals surface area contributed by atoms with Gasteiger partial charge >= 0.3 is 0 Å². The van der Waals surface area contributed by atoms with Crippen LogP contribution < -0.4 is 10.6 Å². The lowest BCUT2D eigenvalue weighted by molar-refractivity contribution is -0.147. The minimum absolute atomic E-state index is 0.237. The van der Waals surface area contributed by atoms with Gasteiger partial charge in [0.25, 0.3) is 11.8 Å². The summed E-state index contributed by atoms with van der Waals surface area (Å²) in [6.07, 6.45) is 0.475. The van der Waals surface area contributed by atoms with Crippen molar-refractivity contribution in [3.63, 3.8) is 0 Å². The number of carbonyl (C=O) groups excluding carboxylic acids is 3. The molecule has 4 aromatic rings. The van der Waals surface area contributed by atoms with Crippen molar-refractivity contribution in [1.29, 1.82) is 0 Å². The van der Waals surface area contributed by atoms with Crippen LogP contribution >= 0.6 is 11.8 Å². The van der Waals surface area contributed by atoms with Crippen LogP contribution in [-0.2, 0) is 22.6 Å². The Balaban J connectivity index is 1.36. The maximum atomic E-state index is 13.9. The molecule has 42 heavy (non-hydrogen) atoms. The Morgan fingerprint density at radius 1 is 1.05 bits per heavy atom. The molecule has 2 heterocycles. The molecular formula is C33H36N4O4S. The highest BCUT2D eigenvalue weighted by Gasteiger charge is 2.49. The standard InChI is InChI=1S/C33H36N4O4S/c1-21-9-7-8-12-25(21)19-35-31(40)29-33(2,3)42-20-37(29)32(41)28(38)27(17-22-10-5-4-6-11-22)36-30(39)24-13-14-26-23(18-24)15-16-34-26/h4-16,18,27-29,34,38H,17,19-20H2,1-3H3,(H,35,40)(H,36,39). The van der Waals surface area contributed by atoms with Gasteiger partial charge < -0.3 is 25.6 Å². The normalized spacial score (nSPS) is 17.5. The van der Waals surface area contributed by atoms with Gasteiger partial charge in [-0.2, -0.15) is 0 Å². The van der Waals surface area contributed by atoms with E-state index in [2.05, 4.69) is 15.6 Å². The summed E-state index contributed by atoms with van der Waals surface area (Å²) >= 11 is 1.49. The molecular weight excluding hydrogens is 548 g/mol. The lowest BCUT2D eigenvalue weighted by atomic mass is 9.96. The number of aromatic nitrogens is 1. The quantitative estimate of drug-likeness (QED) is 0.236. The molecule has 0 spiro atoms. The second-order valence-electron chi connectivity index (χ2n) is 11.2. The molecule has 3 atom stereocenters. The number of rotatable bonds is 9. The average molecular weight is 585 g/mol. The van der Waals surface area contributed by atoms with Gasteiger partial charge in [-0.3, -0.25) is 14.4 Å². The molecule has 0 aliphatic carbocycles. The second kappa shape index (κ2) is 12.4. The number of aryl methyl sites for hydroxylation is 1. The van der Waals surface area contributed by atoms with Crippen LogP contribution in [0.5, 0.6) is 0 Å². The summed E-state index contributed by atoms with van der Waals surface area (Å²) in [6.45, 7) is 6.18. The van der Waals surface area contributed by atoms with Crippen LogP contribution in [0.1, 0.15) is 40.9 Å². The molecule has 9 heteroatoms. The first kappa shape index (κ1) is 29.4. The molecule has 0 bridgehead atoms. The van der Waals surface area contributed by atoms with Gasteiger partial charge in [0.15, 0.2) is 6.10 Å². The molecule has 1 fully saturated rings. The number of H-pyrrole nitrogens is 1. The Morgan fingerprint density at radius 2 is 1.79 bits per heavy atom. The highest BCUT2D eigenvalue weighted by molar-refractivity contribution is 8.00. The summed E-state index contributed by atoms with van der Waals surface area (Å²) in [7, 11) is 0. The van der Waals surface area contributed by atoms with Crippen molar-refractivity contribution in [3.8, 4) is 0 Å². The van der Waals surface area contributed by atoms with Crippen LogP contribution in [0.4, 0.5) is 0 Å². The van der Waals surface area contributed by atoms with E-state index in [-0.39, 0.29) is 18.2 Å². The third-order valence-electron chi connectivity index (χ3n) is 7.86. The van der Waals surface area contributed by atoms with Gasteiger partial charge in [0.05, 0.1) is 11.9 Å². The summed E-state index contributed by atoms with van der Waals surface area (Å²) in [6, 6.07) is 22.7. The first-order valence-corrected chi connectivity index (χ1v) is 15.0. The molecule has 0 radical (unpaired) electrons. The molecule has 1 aliphatic heterocycles. The first-order chi connectivity index (χ1) is 20.1. The van der Waals surface area contributed by atoms with Crippen molar-refractivity contribution < 1.29 is 19.5 Å². The highest BCUT2D eigenvalue weighted by atomic mass is 32.2. The number of aliphatic hydroxyl groups is 1. The van der Waals surface area contributed by atoms with E-state index in [0.29, 0.717) is 12.1 Å². The van der Waals surface area contributed by atoms with Crippen molar-refractivity contribution in [1.82, 2.24) is 20.5 Å². The zero-order chi connectivity index (χ0) is 29.9. The second-order valence-corrected chi connectivity index (χ2v) is 12.8. The Morgan fingerprint density at radius 3 is 2.55 bits per heavy atom. The van der Waals surface area contributed by atoms with Gasteiger partial charge in [-0.1, -0.05) is 54.6 Å². The van der Waals surface area contributed by atoms with Crippen molar-refractivity contribution >= 4 is 40.4 Å². The van der Waals surface area contributed by atoms with Crippen LogP contribution in [-0.4, -0.2) is 61.5 Å². The molecule has 218 valence electrons. The van der Waals surface area contributed by atoms with Crippen molar-refractivity contribution in [2.24, 2.45) is 0 Å². The van der Waals surface area contributed by atoms with E-state index >= 15 is 0 Å². The number of hydrogen-bond acceptors (Lipinski definition) is 5. The fraction of sp³-hybridized carbons (Fsp3) is 0.303. The SMILES string of the molecule is Cc1ccccc1CNC(=O)C1N(C(=O)C(O)C(Cc2ccccc2)NC(=O)c2ccc3[nH]ccc3c2)CSC1(C)C. The number of benzene rings is 3. The molecule has 3 amide bonds. The maximum Gasteiger partial charge on any atom is 0.254 e. The molecule has 5 rings (SSSR count). The lowest BCUT2D eigenvalue weighted by Gasteiger charge is -2.33. The number of fused-ring (bicyclic) bond motifs is 1. The first-order valence-electron chi connectivity index (χ1n) is 14.0. The van der Waals surface area contributed by atoms with Crippen LogP contribution in [0.3, 0.4) is 0 Å². The van der Waals surface area contributed by atoms with Crippen LogP contribution in [0, 0.1) is 6.92 Å². The summed E-state index contributed by atoms with van der Waals surface area (Å²) in [5.74, 6) is -1.01. The van der Waals surface area contributed by atoms with Crippen molar-refractivity contribution in [3.05, 3.63) is 107 Å². The van der Waals surface area contributed by atoms with Crippen LogP contribution in [0.25, 0.3) is 10.9 Å². The Labute approximate surface area is 249 Å². The van der Waals surface area contributed by atoms with E-state index in [0.717, 1.165) is 27.6 Å². The van der Waals surface area contributed by atoms with E-state index in [4.69, 9.17) is 0 Å². The van der Waals surface area contributed by atoms with E-state index in [9.17, 15) is 19.5 Å². The summed E-state index contributed by atoms with van der Waals surface area (Å²) in [5, 5.41) is 18.3. The number of hydrogen-bond donors (Lipinski definition) is 4. The van der Waals surface area contributed by atoms with E-state index in [1.54, 1.807) is 18.3 Å². The largest absolute Gasteiger partial charge is 0.381 e. The number of carbonyl (C=O) groups is 3. The molecule has 0 saturated carbocycles. The minimum atomic E-state index is -1.56. The minimum Gasteiger partial charge on any atom is -0.381 e. The number of aliphatic hydroxyl groups excluding tert-OH is 1. The van der Waals surface area contributed by atoms with E-state index in [1.807, 2.05) is 87.5 Å². The van der Waals surface area contributed by atoms with Crippen molar-refractivity contribution in [2.45, 2.75) is 56.7 Å². The molecule has 3 aromatic carbocycles. The van der Waals surface area contributed by atoms with Crippen LogP contribution in [0.15, 0.2) is 85.1 Å². The summed E-state index contributed by atoms with van der Waals surface area (Å²) in [5.41, 5.74) is 4.25. The third-order valence-corrected chi connectivity index (χ3v) is 9.23. The lowest BCUT2D eigenvalue weighted by Crippen LogP contribution is -2.58. The topological polar surface area (TPSA) is 115 Å². The number of thioether (sulfide) groups is 1. The predicted molar refractivity (Wildman–Crippen MR) is 166 cm³/mol. The van der Waals surface area contributed by atoms with Gasteiger partial charge in [-0.25, -0.2) is 0 Å². The monoisotopic (exact) mass is 584 g/mol. The Bertz CT molecular complexity index is 1590. The zero-order valence-electron chi connectivity index (χ0n) is 24.0. The molecule has 1 saturated heterocycles. The average Bonchev–Trinajstić information content (AvgIpc) is 3.59. The van der Waals surface area contributed by atoms with Gasteiger partial charge in [-0.05, 0) is 68.1 Å². The number of nitrogens with zero attached hydrogens (tertiary/aromatic N) is 1. The van der Waals surface area contributed by atoms with Crippen molar-refractivity contribution in [2.75, 3.05) is 5.88 Å². The fourth-order valence-electron chi connectivity index (χ4n) is 5.40. The van der Waals surface area contributed by atoms with Gasteiger partial charge in [0.2, 0.25) is 5.91 Å². The summed E-state index contributed by atoms with van der Waals surface area (Å²) in [4.78, 5) is 45.3. The summed E-state index contributed by atoms with van der Waals surface area (Å²) < 4.78 is -0.574. The number of aromatic amines is 1. The molecule has 1 aliphatic rings. The number of nitrogens with one attached hydrogen (secondary N) is 3. The zero-order valence-corrected chi connectivity index (χ0v) is 24.8. The highest BCUT2D eigenvalue weighted by Crippen LogP contribution is 2.40. The van der Waals surface area contributed by atoms with Gasteiger partial charge in [0.1, 0.15) is 6.04 Å². The molecule has 8 nitrogen and oxygen atoms in total. The molecule has 3 unspecified atom stereocenters. The number of amides is 3. The Hall–Kier alpha value is -4.08. The van der Waals surface area contributed by atoms with E-state index < -0.39 is 34.7 Å². The van der Waals surface area contributed by atoms with E-state index in [1.165, 1.54) is 16.7 Å².